The monoisotopic (exact) mass is 217 g/mol. The maximum Gasteiger partial charge on any atom is 0.174 e. The molecule has 0 saturated heterocycles. The Labute approximate surface area is 87.1 Å². The minimum Gasteiger partial charge on any atom is -0.330 e. The van der Waals surface area contributed by atoms with E-state index in [2.05, 4.69) is 10.2 Å². The van der Waals surface area contributed by atoms with E-state index in [1.165, 1.54) is 12.8 Å². The van der Waals surface area contributed by atoms with Crippen molar-refractivity contribution in [3.8, 4) is 0 Å². The van der Waals surface area contributed by atoms with Gasteiger partial charge in [-0.1, -0.05) is 29.5 Å². The molecule has 0 saturated carbocycles. The summed E-state index contributed by atoms with van der Waals surface area (Å²) in [7, 11) is 0. The summed E-state index contributed by atoms with van der Waals surface area (Å²) >= 11 is 3.36. The van der Waals surface area contributed by atoms with Crippen molar-refractivity contribution in [2.24, 2.45) is 5.73 Å². The van der Waals surface area contributed by atoms with Crippen LogP contribution in [0.2, 0.25) is 0 Å². The summed E-state index contributed by atoms with van der Waals surface area (Å²) in [5, 5.41) is 9.30. The fourth-order valence-corrected chi connectivity index (χ4v) is 2.37. The first-order valence-corrected chi connectivity index (χ1v) is 6.47. The van der Waals surface area contributed by atoms with Gasteiger partial charge in [0.1, 0.15) is 5.01 Å². The second kappa shape index (κ2) is 6.34. The van der Waals surface area contributed by atoms with Crippen molar-refractivity contribution in [3.63, 3.8) is 0 Å². The van der Waals surface area contributed by atoms with Crippen molar-refractivity contribution in [2.45, 2.75) is 30.0 Å². The molecule has 0 aromatic carbocycles. The second-order valence-electron chi connectivity index (χ2n) is 2.77. The molecule has 0 aliphatic rings. The van der Waals surface area contributed by atoms with Gasteiger partial charge in [-0.25, -0.2) is 0 Å². The van der Waals surface area contributed by atoms with E-state index in [0.717, 1.165) is 28.7 Å². The second-order valence-corrected chi connectivity index (χ2v) is 4.88. The molecule has 1 heterocycles. The van der Waals surface area contributed by atoms with Crippen molar-refractivity contribution in [2.75, 3.05) is 12.8 Å². The van der Waals surface area contributed by atoms with Gasteiger partial charge in [0.2, 0.25) is 0 Å². The smallest absolute Gasteiger partial charge is 0.174 e. The highest BCUT2D eigenvalue weighted by atomic mass is 32.2. The SMILES string of the molecule is CSc1nnc(CCCCCN)s1. The van der Waals surface area contributed by atoms with E-state index in [1.54, 1.807) is 23.1 Å². The van der Waals surface area contributed by atoms with E-state index in [1.807, 2.05) is 6.26 Å². The van der Waals surface area contributed by atoms with E-state index in [9.17, 15) is 0 Å². The van der Waals surface area contributed by atoms with Gasteiger partial charge in [-0.2, -0.15) is 0 Å². The normalized spacial score (nSPS) is 10.6. The molecule has 74 valence electrons. The molecular weight excluding hydrogens is 202 g/mol. The summed E-state index contributed by atoms with van der Waals surface area (Å²) in [6.45, 7) is 0.798. The lowest BCUT2D eigenvalue weighted by Crippen LogP contribution is -1.98. The van der Waals surface area contributed by atoms with Gasteiger partial charge in [0.25, 0.3) is 0 Å². The average molecular weight is 217 g/mol. The van der Waals surface area contributed by atoms with Crippen molar-refractivity contribution in [3.05, 3.63) is 5.01 Å². The lowest BCUT2D eigenvalue weighted by molar-refractivity contribution is 0.681. The van der Waals surface area contributed by atoms with Gasteiger partial charge in [0.05, 0.1) is 0 Å². The molecule has 1 aromatic heterocycles. The van der Waals surface area contributed by atoms with E-state index in [-0.39, 0.29) is 0 Å². The Hall–Kier alpha value is -0.130. The van der Waals surface area contributed by atoms with Gasteiger partial charge in [-0.05, 0) is 25.6 Å². The molecule has 2 N–H and O–H groups in total. The Kier molecular flexibility index (Phi) is 5.34. The molecule has 0 atom stereocenters. The van der Waals surface area contributed by atoms with Crippen LogP contribution in [-0.2, 0) is 6.42 Å². The molecule has 0 radical (unpaired) electrons. The van der Waals surface area contributed by atoms with Crippen LogP contribution in [0, 0.1) is 0 Å². The molecule has 5 heteroatoms. The summed E-state index contributed by atoms with van der Waals surface area (Å²) in [5.74, 6) is 0. The summed E-state index contributed by atoms with van der Waals surface area (Å²) in [6.07, 6.45) is 6.58. The number of aryl methyl sites for hydroxylation is 1. The predicted octanol–water partition coefficient (Wildman–Crippen LogP) is 1.93. The Bertz CT molecular complexity index is 237. The Morgan fingerprint density at radius 2 is 2.15 bits per heavy atom. The van der Waals surface area contributed by atoms with E-state index in [4.69, 9.17) is 5.73 Å². The highest BCUT2D eigenvalue weighted by Crippen LogP contribution is 2.20. The molecule has 3 nitrogen and oxygen atoms in total. The van der Waals surface area contributed by atoms with Crippen LogP contribution in [0.25, 0.3) is 0 Å². The Morgan fingerprint density at radius 1 is 1.31 bits per heavy atom. The van der Waals surface area contributed by atoms with Crippen LogP contribution < -0.4 is 5.73 Å². The van der Waals surface area contributed by atoms with E-state index in [0.29, 0.717) is 0 Å². The highest BCUT2D eigenvalue weighted by molar-refractivity contribution is 8.00. The third kappa shape index (κ3) is 4.06. The topological polar surface area (TPSA) is 51.8 Å². The minimum absolute atomic E-state index is 0.798. The first-order chi connectivity index (χ1) is 6.36. The molecule has 0 bridgehead atoms. The number of unbranched alkanes of at least 4 members (excludes halogenated alkanes) is 2. The third-order valence-corrected chi connectivity index (χ3v) is 3.68. The largest absolute Gasteiger partial charge is 0.330 e. The highest BCUT2D eigenvalue weighted by Gasteiger charge is 2.01. The van der Waals surface area contributed by atoms with Crippen LogP contribution in [0.5, 0.6) is 0 Å². The molecule has 0 aliphatic carbocycles. The number of hydrogen-bond donors (Lipinski definition) is 1. The minimum atomic E-state index is 0.798. The molecule has 13 heavy (non-hydrogen) atoms. The number of aromatic nitrogens is 2. The zero-order valence-electron chi connectivity index (χ0n) is 7.82. The summed E-state index contributed by atoms with van der Waals surface area (Å²) in [5.41, 5.74) is 5.40. The van der Waals surface area contributed by atoms with Crippen LogP contribution >= 0.6 is 23.1 Å². The Balaban J connectivity index is 2.20. The maximum atomic E-state index is 5.40. The molecule has 1 aromatic rings. The van der Waals surface area contributed by atoms with Gasteiger partial charge in [-0.15, -0.1) is 10.2 Å². The molecule has 0 fully saturated rings. The number of nitrogens with zero attached hydrogens (tertiary/aromatic N) is 2. The van der Waals surface area contributed by atoms with Crippen LogP contribution in [0.4, 0.5) is 0 Å². The van der Waals surface area contributed by atoms with Crippen LogP contribution in [0.15, 0.2) is 4.34 Å². The molecule has 1 rings (SSSR count). The predicted molar refractivity (Wildman–Crippen MR) is 58.3 cm³/mol. The van der Waals surface area contributed by atoms with Crippen molar-refractivity contribution >= 4 is 23.1 Å². The van der Waals surface area contributed by atoms with Gasteiger partial charge in [-0.3, -0.25) is 0 Å². The number of nitrogens with two attached hydrogens (primary N) is 1. The summed E-state index contributed by atoms with van der Waals surface area (Å²) < 4.78 is 1.06. The number of hydrogen-bond acceptors (Lipinski definition) is 5. The van der Waals surface area contributed by atoms with Crippen molar-refractivity contribution in [1.29, 1.82) is 0 Å². The van der Waals surface area contributed by atoms with Gasteiger partial charge in [0.15, 0.2) is 4.34 Å². The van der Waals surface area contributed by atoms with Gasteiger partial charge >= 0.3 is 0 Å². The van der Waals surface area contributed by atoms with Crippen LogP contribution in [-0.4, -0.2) is 23.0 Å². The number of rotatable bonds is 6. The standard InChI is InChI=1S/C8H15N3S2/c1-12-8-11-10-7(13-8)5-3-2-4-6-9/h2-6,9H2,1H3. The summed E-state index contributed by atoms with van der Waals surface area (Å²) in [4.78, 5) is 0. The van der Waals surface area contributed by atoms with Crippen molar-refractivity contribution < 1.29 is 0 Å². The Morgan fingerprint density at radius 3 is 2.77 bits per heavy atom. The first kappa shape index (κ1) is 10.9. The maximum absolute atomic E-state index is 5.40. The van der Waals surface area contributed by atoms with E-state index < -0.39 is 0 Å². The fourth-order valence-electron chi connectivity index (χ4n) is 1.02. The third-order valence-electron chi connectivity index (χ3n) is 1.72. The number of thioether (sulfide) groups is 1. The van der Waals surface area contributed by atoms with Gasteiger partial charge in [0, 0.05) is 6.42 Å². The zero-order chi connectivity index (χ0) is 9.52. The fraction of sp³-hybridized carbons (Fsp3) is 0.750. The molecule has 0 spiro atoms. The van der Waals surface area contributed by atoms with Crippen molar-refractivity contribution in [1.82, 2.24) is 10.2 Å². The lowest BCUT2D eigenvalue weighted by Gasteiger charge is -1.94. The van der Waals surface area contributed by atoms with Crippen LogP contribution in [0.1, 0.15) is 24.3 Å². The first-order valence-electron chi connectivity index (χ1n) is 4.43. The lowest BCUT2D eigenvalue weighted by atomic mass is 10.2. The van der Waals surface area contributed by atoms with E-state index >= 15 is 0 Å². The van der Waals surface area contributed by atoms with Crippen LogP contribution in [0.3, 0.4) is 0 Å². The average Bonchev–Trinajstić information content (AvgIpc) is 2.60. The summed E-state index contributed by atoms with van der Waals surface area (Å²) in [6, 6.07) is 0. The van der Waals surface area contributed by atoms with Gasteiger partial charge < -0.3 is 5.73 Å². The molecular formula is C8H15N3S2. The molecule has 0 unspecified atom stereocenters. The zero-order valence-corrected chi connectivity index (χ0v) is 9.46. The quantitative estimate of drug-likeness (QED) is 0.584. The molecule has 0 amide bonds. The molecule has 0 aliphatic heterocycles.